The molecule has 7 aromatic rings. The summed E-state index contributed by atoms with van der Waals surface area (Å²) in [6.07, 6.45) is 10.1. The molecule has 72 heavy (non-hydrogen) atoms. The molecule has 374 valence electrons. The molecular weight excluding hydrogens is 1060 g/mol. The van der Waals surface area contributed by atoms with E-state index in [1.54, 1.807) is 0 Å². The van der Waals surface area contributed by atoms with E-state index in [2.05, 4.69) is 221 Å². The molecule has 0 unspecified atom stereocenters. The summed E-state index contributed by atoms with van der Waals surface area (Å²) < 4.78 is 13.9. The van der Waals surface area contributed by atoms with Gasteiger partial charge in [0.05, 0.1) is 0 Å². The molecule has 2 aromatic heterocycles. The van der Waals surface area contributed by atoms with E-state index in [1.165, 1.54) is 88.7 Å². The fraction of sp³-hybridized carbons (Fsp3) is 0.455. The van der Waals surface area contributed by atoms with Gasteiger partial charge in [0.2, 0.25) is 5.69 Å². The number of rotatable bonds is 6. The fourth-order valence-electron chi connectivity index (χ4n) is 13.1. The number of benzene rings is 5. The predicted molar refractivity (Wildman–Crippen MR) is 297 cm³/mol. The van der Waals surface area contributed by atoms with Gasteiger partial charge in [-0.2, -0.15) is 12.1 Å². The predicted octanol–water partition coefficient (Wildman–Crippen LogP) is 17.4. The van der Waals surface area contributed by atoms with Crippen molar-refractivity contribution in [3.63, 3.8) is 0 Å². The van der Waals surface area contributed by atoms with Gasteiger partial charge < -0.3 is 9.30 Å². The molecule has 5 aliphatic rings. The Morgan fingerprint density at radius 1 is 0.597 bits per heavy atom. The minimum atomic E-state index is -0.109. The Morgan fingerprint density at radius 3 is 1.78 bits per heavy atom. The molecule has 0 N–H and O–H groups in total. The minimum absolute atomic E-state index is 0. The van der Waals surface area contributed by atoms with Gasteiger partial charge in [-0.3, -0.25) is 0 Å². The zero-order valence-electron chi connectivity index (χ0n) is 45.7. The van der Waals surface area contributed by atoms with E-state index in [1.807, 2.05) is 12.3 Å². The molecule has 0 radical (unpaired) electrons. The molecule has 5 aromatic carbocycles. The molecule has 3 heterocycles. The van der Waals surface area contributed by atoms with Crippen molar-refractivity contribution in [1.82, 2.24) is 18.7 Å². The first-order valence-corrected chi connectivity index (χ1v) is 26.6. The number of nitrogens with zero attached hydrogens (tertiary/aromatic N) is 4. The smallest absolute Gasteiger partial charge is 0.509 e. The van der Waals surface area contributed by atoms with Crippen LogP contribution >= 0.6 is 0 Å². The number of hydrogen-bond donors (Lipinski definition) is 0. The van der Waals surface area contributed by atoms with E-state index in [-0.39, 0.29) is 53.6 Å². The number of hydrogen-bond acceptors (Lipinski definition) is 2. The summed E-state index contributed by atoms with van der Waals surface area (Å²) in [7, 11) is 0. The molecule has 0 saturated heterocycles. The largest absolute Gasteiger partial charge is 2.00 e. The maximum Gasteiger partial charge on any atom is 2.00 e. The van der Waals surface area contributed by atoms with Crippen LogP contribution < -0.4 is 13.9 Å². The second-order valence-corrected chi connectivity index (χ2v) is 27.4. The molecule has 1 aliphatic heterocycles. The third-order valence-corrected chi connectivity index (χ3v) is 16.7. The third kappa shape index (κ3) is 8.87. The van der Waals surface area contributed by atoms with Crippen LogP contribution in [0.4, 0.5) is 22.7 Å². The SMILES string of the molecule is CC(C)(C)c1cc([N+]2=C=[N+](c3[c-]c(Oc4[c-]c5c(cc4)c4c(C(C)(C)C)cc(C(C)(C)C)cc4n5-c4cc(C(C)(C)C)ccn4)ccc3)c3cccc(C45CC6CC(CC(C6)C4)C5)c32)cc(C(C)(C)C)c1.[Pt+2]. The Kier molecular flexibility index (Phi) is 12.1. The third-order valence-electron chi connectivity index (χ3n) is 16.7. The monoisotopic (exact) mass is 1140 g/mol. The molecule has 12 rings (SSSR count). The number of para-hydroxylation sites is 1. The van der Waals surface area contributed by atoms with Gasteiger partial charge >= 0.3 is 32.8 Å². The van der Waals surface area contributed by atoms with E-state index in [4.69, 9.17) is 9.72 Å². The summed E-state index contributed by atoms with van der Waals surface area (Å²) in [5.74, 6) is 4.63. The van der Waals surface area contributed by atoms with Crippen molar-refractivity contribution < 1.29 is 25.8 Å². The summed E-state index contributed by atoms with van der Waals surface area (Å²) in [4.78, 5) is 5.07. The van der Waals surface area contributed by atoms with Crippen molar-refractivity contribution in [3.8, 4) is 17.3 Å². The van der Waals surface area contributed by atoms with Gasteiger partial charge in [-0.05, 0) is 139 Å². The standard InChI is InChI=1S/C66H76N4O.Pt/c1-61(2,3)44-24-25-67-58(34-44)70-56-36-51(22-23-52(56)59-54(65(13,14)15)32-47(33-57(59)70)64(10,11)12)71-50-19-16-18-48(35-50)68-40-69(49-30-45(62(4,5)6)29-46(31-49)63(7,8)9)60-53(20-17-21-55(60)68)66-37-41-26-42(38-66)28-43(27-41)39-66;/h16-25,29-34,41-43H,26-28,37-39H2,1-15H3;/q;+2. The van der Waals surface area contributed by atoms with Gasteiger partial charge in [-0.25, -0.2) is 4.98 Å². The second-order valence-electron chi connectivity index (χ2n) is 27.4. The van der Waals surface area contributed by atoms with Crippen LogP contribution in [0, 0.1) is 29.9 Å². The Bertz CT molecular complexity index is 3310. The Morgan fingerprint density at radius 2 is 1.18 bits per heavy atom. The zero-order chi connectivity index (χ0) is 50.4. The van der Waals surface area contributed by atoms with Crippen molar-refractivity contribution in [3.05, 3.63) is 143 Å². The first-order valence-electron chi connectivity index (χ1n) is 26.6. The molecule has 0 atom stereocenters. The molecule has 4 saturated carbocycles. The van der Waals surface area contributed by atoms with E-state index in [9.17, 15) is 0 Å². The van der Waals surface area contributed by atoms with Gasteiger partial charge in [0.25, 0.3) is 5.69 Å². The number of fused-ring (bicyclic) bond motifs is 4. The number of pyridine rings is 1. The second kappa shape index (κ2) is 17.2. The van der Waals surface area contributed by atoms with Crippen molar-refractivity contribution in [2.45, 2.75) is 175 Å². The maximum absolute atomic E-state index is 6.91. The van der Waals surface area contributed by atoms with E-state index in [0.717, 1.165) is 51.4 Å². The summed E-state index contributed by atoms with van der Waals surface area (Å²) in [5, 5.41) is 2.37. The first-order chi connectivity index (χ1) is 33.2. The van der Waals surface area contributed by atoms with Crippen LogP contribution in [0.15, 0.2) is 97.2 Å². The molecule has 5 nitrogen and oxygen atoms in total. The van der Waals surface area contributed by atoms with Gasteiger partial charge in [0.15, 0.2) is 0 Å². The Labute approximate surface area is 445 Å². The molecule has 0 spiro atoms. The zero-order valence-corrected chi connectivity index (χ0v) is 48.0. The molecular formula is C66H76N4OPt+2. The Hall–Kier alpha value is -5.08. The molecule has 4 bridgehead atoms. The van der Waals surface area contributed by atoms with Crippen LogP contribution in [0.25, 0.3) is 27.6 Å². The molecule has 4 aliphatic carbocycles. The van der Waals surface area contributed by atoms with Crippen molar-refractivity contribution in [2.24, 2.45) is 17.8 Å². The summed E-state index contributed by atoms with van der Waals surface area (Å²) in [6.45, 7) is 34.7. The average Bonchev–Trinajstić information content (AvgIpc) is 3.83. The summed E-state index contributed by atoms with van der Waals surface area (Å²) in [6, 6.07) is 45.6. The summed E-state index contributed by atoms with van der Waals surface area (Å²) in [5.41, 5.74) is 14.5. The van der Waals surface area contributed by atoms with E-state index >= 15 is 0 Å². The van der Waals surface area contributed by atoms with Crippen molar-refractivity contribution >= 4 is 50.6 Å². The van der Waals surface area contributed by atoms with E-state index in [0.29, 0.717) is 11.5 Å². The van der Waals surface area contributed by atoms with E-state index < -0.39 is 0 Å². The number of aromatic nitrogens is 2. The fourth-order valence-corrected chi connectivity index (χ4v) is 13.1. The van der Waals surface area contributed by atoms with Crippen LogP contribution in [0.1, 0.15) is 176 Å². The van der Waals surface area contributed by atoms with Gasteiger partial charge in [-0.15, -0.1) is 23.6 Å². The quantitative estimate of drug-likeness (QED) is 0.123. The van der Waals surface area contributed by atoms with Crippen molar-refractivity contribution in [2.75, 3.05) is 0 Å². The normalized spacial score (nSPS) is 21.0. The molecule has 4 fully saturated rings. The van der Waals surface area contributed by atoms with Crippen LogP contribution in [0.5, 0.6) is 11.5 Å². The van der Waals surface area contributed by atoms with Crippen LogP contribution in [-0.4, -0.2) is 15.6 Å². The van der Waals surface area contributed by atoms with Gasteiger partial charge in [0.1, 0.15) is 11.5 Å². The number of ether oxygens (including phenoxy) is 1. The van der Waals surface area contributed by atoms with Crippen LogP contribution in [0.2, 0.25) is 0 Å². The molecule has 6 heteroatoms. The van der Waals surface area contributed by atoms with Gasteiger partial charge in [0, 0.05) is 52.4 Å². The van der Waals surface area contributed by atoms with Crippen molar-refractivity contribution in [1.29, 1.82) is 0 Å². The maximum atomic E-state index is 6.91. The Balaban J connectivity index is 0.00000596. The minimum Gasteiger partial charge on any atom is -0.509 e. The van der Waals surface area contributed by atoms with Gasteiger partial charge in [-0.1, -0.05) is 150 Å². The average molecular weight is 1140 g/mol. The van der Waals surface area contributed by atoms with Crippen LogP contribution in [-0.2, 0) is 53.6 Å². The first kappa shape index (κ1) is 50.5. The topological polar surface area (TPSA) is 33.1 Å². The summed E-state index contributed by atoms with van der Waals surface area (Å²) >= 11 is 0. The van der Waals surface area contributed by atoms with Crippen LogP contribution in [0.3, 0.4) is 0 Å². The molecule has 0 amide bonds.